The number of nitrogens with zero attached hydrogens (tertiary/aromatic N) is 4. The molecule has 4 rings (SSSR count). The van der Waals surface area contributed by atoms with E-state index in [-0.39, 0.29) is 6.17 Å². The summed E-state index contributed by atoms with van der Waals surface area (Å²) in [4.78, 5) is 6.55. The van der Waals surface area contributed by atoms with Crippen molar-refractivity contribution in [2.24, 2.45) is 11.0 Å². The highest BCUT2D eigenvalue weighted by Crippen LogP contribution is 2.44. The van der Waals surface area contributed by atoms with Gasteiger partial charge in [-0.2, -0.15) is 5.10 Å². The Labute approximate surface area is 111 Å². The first kappa shape index (κ1) is 10.7. The second-order valence-electron chi connectivity index (χ2n) is 5.28. The number of hydrazone groups is 1. The van der Waals surface area contributed by atoms with Crippen LogP contribution in [0.2, 0.25) is 0 Å². The highest BCUT2D eigenvalue weighted by Gasteiger charge is 2.45. The molecule has 2 aliphatic heterocycles. The number of hydrogen-bond donors (Lipinski definition) is 1. The molecule has 0 amide bonds. The van der Waals surface area contributed by atoms with Crippen molar-refractivity contribution >= 4 is 23.3 Å². The summed E-state index contributed by atoms with van der Waals surface area (Å²) in [6, 6.07) is 0.565. The van der Waals surface area contributed by atoms with Gasteiger partial charge in [-0.1, -0.05) is 12.8 Å². The van der Waals surface area contributed by atoms with Crippen LogP contribution in [-0.4, -0.2) is 27.4 Å². The largest absolute Gasteiger partial charge is 0.314 e. The van der Waals surface area contributed by atoms with Gasteiger partial charge in [0, 0.05) is 12.0 Å². The SMILES string of the molecule is ClCC1=NNC2C3CCCCC3n3cncc3N12. The van der Waals surface area contributed by atoms with Crippen molar-refractivity contribution in [2.45, 2.75) is 37.9 Å². The fourth-order valence-electron chi connectivity index (χ4n) is 3.66. The molecule has 96 valence electrons. The Hall–Kier alpha value is -1.23. The van der Waals surface area contributed by atoms with E-state index in [9.17, 15) is 0 Å². The molecular formula is C12H16ClN5. The predicted octanol–water partition coefficient (Wildman–Crippen LogP) is 1.92. The Kier molecular flexibility index (Phi) is 2.30. The highest BCUT2D eigenvalue weighted by atomic mass is 35.5. The zero-order valence-corrected chi connectivity index (χ0v) is 10.8. The fourth-order valence-corrected chi connectivity index (χ4v) is 3.85. The van der Waals surface area contributed by atoms with Gasteiger partial charge in [0.1, 0.15) is 17.8 Å². The minimum atomic E-state index is 0.272. The van der Waals surface area contributed by atoms with Crippen LogP contribution < -0.4 is 10.3 Å². The van der Waals surface area contributed by atoms with Crippen molar-refractivity contribution in [3.63, 3.8) is 0 Å². The van der Waals surface area contributed by atoms with Gasteiger partial charge in [-0.25, -0.2) is 4.98 Å². The fraction of sp³-hybridized carbons (Fsp3) is 0.667. The molecule has 0 spiro atoms. The first-order valence-corrected chi connectivity index (χ1v) is 7.12. The molecule has 3 atom stereocenters. The van der Waals surface area contributed by atoms with Gasteiger partial charge < -0.3 is 4.57 Å². The average molecular weight is 266 g/mol. The van der Waals surface area contributed by atoms with E-state index >= 15 is 0 Å². The van der Waals surface area contributed by atoms with Gasteiger partial charge >= 0.3 is 0 Å². The molecule has 0 bridgehead atoms. The van der Waals surface area contributed by atoms with Gasteiger partial charge in [0.2, 0.25) is 0 Å². The summed E-state index contributed by atoms with van der Waals surface area (Å²) < 4.78 is 2.31. The molecule has 3 heterocycles. The van der Waals surface area contributed by atoms with E-state index in [0.29, 0.717) is 17.8 Å². The van der Waals surface area contributed by atoms with E-state index < -0.39 is 0 Å². The number of rotatable bonds is 1. The maximum absolute atomic E-state index is 5.99. The molecule has 1 aromatic rings. The molecule has 5 nitrogen and oxygen atoms in total. The Morgan fingerprint density at radius 1 is 1.39 bits per heavy atom. The zero-order valence-electron chi connectivity index (χ0n) is 10.1. The lowest BCUT2D eigenvalue weighted by Gasteiger charge is -2.45. The smallest absolute Gasteiger partial charge is 0.147 e. The first-order chi connectivity index (χ1) is 8.90. The Balaban J connectivity index is 1.82. The van der Waals surface area contributed by atoms with Gasteiger partial charge in [0.15, 0.2) is 0 Å². The van der Waals surface area contributed by atoms with E-state index in [4.69, 9.17) is 11.6 Å². The number of hydrogen-bond acceptors (Lipinski definition) is 4. The minimum Gasteiger partial charge on any atom is -0.314 e. The molecule has 0 radical (unpaired) electrons. The van der Waals surface area contributed by atoms with Gasteiger partial charge in [0.25, 0.3) is 0 Å². The standard InChI is InChI=1S/C12H16ClN5/c13-5-10-15-16-12-8-3-1-2-4-9(8)17-7-14-6-11(17)18(10)12/h6-9,12,16H,1-5H2. The predicted molar refractivity (Wildman–Crippen MR) is 70.8 cm³/mol. The van der Waals surface area contributed by atoms with Gasteiger partial charge in [-0.3, -0.25) is 10.3 Å². The molecular weight excluding hydrogens is 250 g/mol. The first-order valence-electron chi connectivity index (χ1n) is 6.59. The van der Waals surface area contributed by atoms with Crippen LogP contribution in [0.4, 0.5) is 5.82 Å². The summed E-state index contributed by atoms with van der Waals surface area (Å²) in [5, 5.41) is 4.39. The molecule has 0 saturated heterocycles. The molecule has 18 heavy (non-hydrogen) atoms. The van der Waals surface area contributed by atoms with Crippen molar-refractivity contribution in [1.29, 1.82) is 0 Å². The van der Waals surface area contributed by atoms with Crippen LogP contribution in [0.3, 0.4) is 0 Å². The van der Waals surface area contributed by atoms with Crippen molar-refractivity contribution in [3.05, 3.63) is 12.5 Å². The lowest BCUT2D eigenvalue weighted by molar-refractivity contribution is 0.176. The highest BCUT2D eigenvalue weighted by molar-refractivity contribution is 6.30. The summed E-state index contributed by atoms with van der Waals surface area (Å²) in [5.74, 6) is 3.08. The van der Waals surface area contributed by atoms with E-state index in [1.165, 1.54) is 25.7 Å². The van der Waals surface area contributed by atoms with Crippen LogP contribution in [0.1, 0.15) is 31.7 Å². The molecule has 1 aromatic heterocycles. The normalized spacial score (nSPS) is 33.3. The maximum atomic E-state index is 5.99. The number of amidine groups is 1. The third-order valence-electron chi connectivity index (χ3n) is 4.44. The summed E-state index contributed by atoms with van der Waals surface area (Å²) in [5.41, 5.74) is 3.28. The summed E-state index contributed by atoms with van der Waals surface area (Å²) >= 11 is 5.99. The number of fused-ring (bicyclic) bond motifs is 6. The van der Waals surface area contributed by atoms with Gasteiger partial charge in [-0.05, 0) is 12.8 Å². The molecule has 1 saturated carbocycles. The summed E-state index contributed by atoms with van der Waals surface area (Å²) in [6.07, 6.45) is 9.28. The Morgan fingerprint density at radius 3 is 3.17 bits per heavy atom. The van der Waals surface area contributed by atoms with E-state index in [1.54, 1.807) is 0 Å². The monoisotopic (exact) mass is 265 g/mol. The topological polar surface area (TPSA) is 45.5 Å². The van der Waals surface area contributed by atoms with Crippen molar-refractivity contribution in [2.75, 3.05) is 10.8 Å². The average Bonchev–Trinajstić information content (AvgIpc) is 3.05. The molecule has 3 unspecified atom stereocenters. The van der Waals surface area contributed by atoms with Crippen LogP contribution >= 0.6 is 11.6 Å². The number of halogens is 1. The van der Waals surface area contributed by atoms with Crippen LogP contribution in [-0.2, 0) is 0 Å². The quantitative estimate of drug-likeness (QED) is 0.789. The minimum absolute atomic E-state index is 0.272. The number of alkyl halides is 1. The number of anilines is 1. The summed E-state index contributed by atoms with van der Waals surface area (Å²) in [6.45, 7) is 0. The molecule has 1 N–H and O–H groups in total. The van der Waals surface area contributed by atoms with Crippen molar-refractivity contribution in [3.8, 4) is 0 Å². The number of aromatic nitrogens is 2. The third-order valence-corrected chi connectivity index (χ3v) is 4.68. The molecule has 1 fully saturated rings. The van der Waals surface area contributed by atoms with Crippen LogP contribution in [0, 0.1) is 5.92 Å². The number of nitrogens with one attached hydrogen (secondary N) is 1. The zero-order chi connectivity index (χ0) is 12.1. The van der Waals surface area contributed by atoms with E-state index in [2.05, 4.69) is 25.0 Å². The van der Waals surface area contributed by atoms with Crippen molar-refractivity contribution < 1.29 is 0 Å². The Bertz CT molecular complexity index is 496. The number of imidazole rings is 1. The second-order valence-corrected chi connectivity index (χ2v) is 5.55. The molecule has 6 heteroatoms. The van der Waals surface area contributed by atoms with Crippen LogP contribution in [0.15, 0.2) is 17.6 Å². The van der Waals surface area contributed by atoms with Gasteiger partial charge in [0.05, 0.1) is 18.4 Å². The summed E-state index contributed by atoms with van der Waals surface area (Å²) in [7, 11) is 0. The maximum Gasteiger partial charge on any atom is 0.147 e. The van der Waals surface area contributed by atoms with E-state index in [0.717, 1.165) is 11.7 Å². The third kappa shape index (κ3) is 1.28. The lowest BCUT2D eigenvalue weighted by Crippen LogP contribution is -2.53. The molecule has 1 aliphatic carbocycles. The van der Waals surface area contributed by atoms with Crippen molar-refractivity contribution in [1.82, 2.24) is 15.0 Å². The molecule has 3 aliphatic rings. The van der Waals surface area contributed by atoms with Gasteiger partial charge in [-0.15, -0.1) is 11.6 Å². The second kappa shape index (κ2) is 3.88. The Morgan fingerprint density at radius 2 is 2.28 bits per heavy atom. The van der Waals surface area contributed by atoms with Crippen LogP contribution in [0.25, 0.3) is 0 Å². The van der Waals surface area contributed by atoms with Crippen LogP contribution in [0.5, 0.6) is 0 Å². The lowest BCUT2D eigenvalue weighted by atomic mass is 9.80. The van der Waals surface area contributed by atoms with E-state index in [1.807, 2.05) is 12.5 Å². The molecule has 0 aromatic carbocycles.